The van der Waals surface area contributed by atoms with E-state index in [0.29, 0.717) is 26.1 Å². The SMILES string of the molecule is O=S(=O)(Nc1cccc(Cl)c1O)C1CCOCC1. The second-order valence-corrected chi connectivity index (χ2v) is 6.46. The van der Waals surface area contributed by atoms with Crippen LogP contribution in [0.15, 0.2) is 18.2 Å². The Morgan fingerprint density at radius 3 is 2.67 bits per heavy atom. The van der Waals surface area contributed by atoms with Crippen LogP contribution in [0.4, 0.5) is 5.69 Å². The quantitative estimate of drug-likeness (QED) is 0.835. The van der Waals surface area contributed by atoms with Gasteiger partial charge in [0.15, 0.2) is 5.75 Å². The lowest BCUT2D eigenvalue weighted by molar-refractivity contribution is 0.0984. The Kier molecular flexibility index (Phi) is 3.99. The van der Waals surface area contributed by atoms with Gasteiger partial charge in [0.25, 0.3) is 0 Å². The molecule has 7 heteroatoms. The number of rotatable bonds is 3. The number of benzene rings is 1. The van der Waals surface area contributed by atoms with Crippen molar-refractivity contribution in [1.29, 1.82) is 0 Å². The molecule has 1 heterocycles. The summed E-state index contributed by atoms with van der Waals surface area (Å²) in [5.74, 6) is -0.255. The fourth-order valence-electron chi connectivity index (χ4n) is 1.82. The molecule has 1 aromatic rings. The van der Waals surface area contributed by atoms with E-state index in [1.54, 1.807) is 6.07 Å². The summed E-state index contributed by atoms with van der Waals surface area (Å²) in [7, 11) is -3.52. The number of nitrogens with one attached hydrogen (secondary N) is 1. The zero-order valence-corrected chi connectivity index (χ0v) is 11.2. The summed E-state index contributed by atoms with van der Waals surface area (Å²) in [5.41, 5.74) is 0.106. The van der Waals surface area contributed by atoms with Crippen molar-refractivity contribution < 1.29 is 18.3 Å². The van der Waals surface area contributed by atoms with Gasteiger partial charge in [0.05, 0.1) is 16.0 Å². The summed E-state index contributed by atoms with van der Waals surface area (Å²) >= 11 is 5.72. The van der Waals surface area contributed by atoms with Crippen LogP contribution >= 0.6 is 11.6 Å². The van der Waals surface area contributed by atoms with E-state index in [4.69, 9.17) is 16.3 Å². The predicted octanol–water partition coefficient (Wildman–Crippen LogP) is 1.97. The molecule has 2 N–H and O–H groups in total. The van der Waals surface area contributed by atoms with Gasteiger partial charge in [-0.1, -0.05) is 17.7 Å². The molecule has 1 aliphatic rings. The topological polar surface area (TPSA) is 75.6 Å². The molecule has 0 unspecified atom stereocenters. The van der Waals surface area contributed by atoms with Gasteiger partial charge in [0.1, 0.15) is 0 Å². The monoisotopic (exact) mass is 291 g/mol. The zero-order chi connectivity index (χ0) is 13.2. The highest BCUT2D eigenvalue weighted by Crippen LogP contribution is 2.32. The van der Waals surface area contributed by atoms with Crippen LogP contribution < -0.4 is 4.72 Å². The van der Waals surface area contributed by atoms with Crippen LogP contribution in [0.25, 0.3) is 0 Å². The van der Waals surface area contributed by atoms with Gasteiger partial charge < -0.3 is 9.84 Å². The average molecular weight is 292 g/mol. The fraction of sp³-hybridized carbons (Fsp3) is 0.455. The van der Waals surface area contributed by atoms with E-state index in [1.165, 1.54) is 12.1 Å². The zero-order valence-electron chi connectivity index (χ0n) is 9.60. The third-order valence-corrected chi connectivity index (χ3v) is 5.00. The van der Waals surface area contributed by atoms with E-state index in [0.717, 1.165) is 0 Å². The summed E-state index contributed by atoms with van der Waals surface area (Å²) in [4.78, 5) is 0. The van der Waals surface area contributed by atoms with Crippen molar-refractivity contribution in [2.75, 3.05) is 17.9 Å². The van der Waals surface area contributed by atoms with Crippen molar-refractivity contribution in [3.05, 3.63) is 23.2 Å². The van der Waals surface area contributed by atoms with E-state index in [9.17, 15) is 13.5 Å². The Morgan fingerprint density at radius 1 is 1.33 bits per heavy atom. The molecule has 0 radical (unpaired) electrons. The number of hydrogen-bond donors (Lipinski definition) is 2. The molecule has 100 valence electrons. The smallest absolute Gasteiger partial charge is 0.235 e. The maximum atomic E-state index is 12.1. The summed E-state index contributed by atoms with van der Waals surface area (Å²) in [6, 6.07) is 4.53. The molecule has 1 fully saturated rings. The molecule has 0 saturated carbocycles. The van der Waals surface area contributed by atoms with E-state index in [2.05, 4.69) is 4.72 Å². The summed E-state index contributed by atoms with van der Waals surface area (Å²) in [5, 5.41) is 9.29. The molecule has 1 aromatic carbocycles. The molecule has 18 heavy (non-hydrogen) atoms. The van der Waals surface area contributed by atoms with Gasteiger partial charge in [-0.05, 0) is 25.0 Å². The first-order valence-electron chi connectivity index (χ1n) is 5.57. The first kappa shape index (κ1) is 13.5. The fourth-order valence-corrected chi connectivity index (χ4v) is 3.45. The number of sulfonamides is 1. The molecule has 0 aromatic heterocycles. The van der Waals surface area contributed by atoms with Gasteiger partial charge in [-0.3, -0.25) is 4.72 Å². The van der Waals surface area contributed by atoms with Crippen LogP contribution in [-0.4, -0.2) is 32.0 Å². The Hall–Kier alpha value is -0.980. The van der Waals surface area contributed by atoms with Gasteiger partial charge in [0, 0.05) is 13.2 Å². The molecule has 0 aliphatic carbocycles. The standard InChI is InChI=1S/C11H14ClNO4S/c12-9-2-1-3-10(11(9)14)13-18(15,16)8-4-6-17-7-5-8/h1-3,8,13-14H,4-7H2. The minimum absolute atomic E-state index is 0.106. The molecule has 2 rings (SSSR count). The Morgan fingerprint density at radius 2 is 2.00 bits per heavy atom. The van der Waals surface area contributed by atoms with Crippen molar-refractivity contribution in [1.82, 2.24) is 0 Å². The van der Waals surface area contributed by atoms with E-state index >= 15 is 0 Å². The summed E-state index contributed by atoms with van der Waals surface area (Å²) < 4.78 is 31.7. The number of ether oxygens (including phenoxy) is 1. The second-order valence-electron chi connectivity index (χ2n) is 4.09. The lowest BCUT2D eigenvalue weighted by atomic mass is 10.2. The largest absolute Gasteiger partial charge is 0.504 e. The maximum Gasteiger partial charge on any atom is 0.235 e. The number of para-hydroxylation sites is 1. The van der Waals surface area contributed by atoms with Crippen molar-refractivity contribution in [3.8, 4) is 5.75 Å². The first-order valence-corrected chi connectivity index (χ1v) is 7.50. The number of aromatic hydroxyl groups is 1. The third-order valence-electron chi connectivity index (χ3n) is 2.85. The normalized spacial score (nSPS) is 17.6. The predicted molar refractivity (Wildman–Crippen MR) is 69.5 cm³/mol. The maximum absolute atomic E-state index is 12.1. The van der Waals surface area contributed by atoms with Gasteiger partial charge in [-0.2, -0.15) is 0 Å². The van der Waals surface area contributed by atoms with E-state index in [1.807, 2.05) is 0 Å². The van der Waals surface area contributed by atoms with Gasteiger partial charge in [0.2, 0.25) is 10.0 Å². The third kappa shape index (κ3) is 2.88. The number of phenols is 1. The number of halogens is 1. The van der Waals surface area contributed by atoms with Crippen LogP contribution in [0.2, 0.25) is 5.02 Å². The van der Waals surface area contributed by atoms with Gasteiger partial charge in [-0.25, -0.2) is 8.42 Å². The molecule has 5 nitrogen and oxygen atoms in total. The lowest BCUT2D eigenvalue weighted by Gasteiger charge is -2.23. The average Bonchev–Trinajstić information content (AvgIpc) is 2.36. The van der Waals surface area contributed by atoms with Crippen LogP contribution in [0, 0.1) is 0 Å². The van der Waals surface area contributed by atoms with Crippen LogP contribution in [0.5, 0.6) is 5.75 Å². The van der Waals surface area contributed by atoms with Crippen molar-refractivity contribution in [2.24, 2.45) is 0 Å². The molecule has 0 amide bonds. The van der Waals surface area contributed by atoms with Crippen molar-refractivity contribution >= 4 is 27.3 Å². The summed E-state index contributed by atoms with van der Waals surface area (Å²) in [6.07, 6.45) is 0.910. The minimum Gasteiger partial charge on any atom is -0.504 e. The van der Waals surface area contributed by atoms with Crippen LogP contribution in [0.1, 0.15) is 12.8 Å². The molecular weight excluding hydrogens is 278 g/mol. The molecule has 1 aliphatic heterocycles. The molecule has 0 bridgehead atoms. The number of anilines is 1. The molecule has 1 saturated heterocycles. The molecule has 0 spiro atoms. The van der Waals surface area contributed by atoms with E-state index in [-0.39, 0.29) is 16.5 Å². The van der Waals surface area contributed by atoms with Crippen LogP contribution in [-0.2, 0) is 14.8 Å². The Labute approximate surface area is 111 Å². The van der Waals surface area contributed by atoms with Gasteiger partial charge >= 0.3 is 0 Å². The molecule has 0 atom stereocenters. The highest BCUT2D eigenvalue weighted by Gasteiger charge is 2.28. The van der Waals surface area contributed by atoms with Crippen LogP contribution in [0.3, 0.4) is 0 Å². The van der Waals surface area contributed by atoms with Crippen molar-refractivity contribution in [2.45, 2.75) is 18.1 Å². The summed E-state index contributed by atoms with van der Waals surface area (Å²) in [6.45, 7) is 0.875. The van der Waals surface area contributed by atoms with E-state index < -0.39 is 15.3 Å². The molecular formula is C11H14ClNO4S. The minimum atomic E-state index is -3.52. The Bertz CT molecular complexity index is 526. The second kappa shape index (κ2) is 5.34. The Balaban J connectivity index is 2.19. The van der Waals surface area contributed by atoms with Gasteiger partial charge in [-0.15, -0.1) is 0 Å². The highest BCUT2D eigenvalue weighted by molar-refractivity contribution is 7.93. The first-order chi connectivity index (χ1) is 8.50. The lowest BCUT2D eigenvalue weighted by Crippen LogP contribution is -2.33. The van der Waals surface area contributed by atoms with Crippen molar-refractivity contribution in [3.63, 3.8) is 0 Å². The number of hydrogen-bond acceptors (Lipinski definition) is 4. The highest BCUT2D eigenvalue weighted by atomic mass is 35.5. The number of phenolic OH excluding ortho intramolecular Hbond substituents is 1.